The van der Waals surface area contributed by atoms with Crippen molar-refractivity contribution in [3.8, 4) is 0 Å². The summed E-state index contributed by atoms with van der Waals surface area (Å²) in [5, 5.41) is 4.66. The maximum Gasteiger partial charge on any atom is 0.418 e. The molecule has 0 radical (unpaired) electrons. The van der Waals surface area contributed by atoms with Crippen molar-refractivity contribution in [2.24, 2.45) is 0 Å². The normalized spacial score (nSPS) is 10.9. The SMILES string of the molecule is O=C(COC(=O)CNC(=O)c1ccc(Cl)cc1Cl)Nc1ccccc1C(F)(F)F. The summed E-state index contributed by atoms with van der Waals surface area (Å²) in [4.78, 5) is 35.4. The van der Waals surface area contributed by atoms with E-state index >= 15 is 0 Å². The van der Waals surface area contributed by atoms with Gasteiger partial charge in [0.05, 0.1) is 21.8 Å². The number of benzene rings is 2. The molecule has 0 bridgehead atoms. The smallest absolute Gasteiger partial charge is 0.418 e. The van der Waals surface area contributed by atoms with Gasteiger partial charge in [-0.05, 0) is 30.3 Å². The Morgan fingerprint density at radius 2 is 1.72 bits per heavy atom. The molecule has 0 unspecified atom stereocenters. The van der Waals surface area contributed by atoms with Gasteiger partial charge in [-0.2, -0.15) is 13.2 Å². The molecule has 0 fully saturated rings. The number of hydrogen-bond acceptors (Lipinski definition) is 4. The number of rotatable bonds is 6. The minimum Gasteiger partial charge on any atom is -0.454 e. The monoisotopic (exact) mass is 448 g/mol. The molecule has 2 aromatic carbocycles. The summed E-state index contributed by atoms with van der Waals surface area (Å²) >= 11 is 11.6. The molecule has 0 saturated carbocycles. The number of para-hydroxylation sites is 1. The third-order valence-electron chi connectivity index (χ3n) is 3.44. The summed E-state index contributed by atoms with van der Waals surface area (Å²) < 4.78 is 43.3. The fraction of sp³-hybridized carbons (Fsp3) is 0.167. The summed E-state index contributed by atoms with van der Waals surface area (Å²) in [5.41, 5.74) is -1.43. The molecule has 0 saturated heterocycles. The van der Waals surface area contributed by atoms with E-state index in [1.54, 1.807) is 0 Å². The quantitative estimate of drug-likeness (QED) is 0.655. The molecular weight excluding hydrogens is 436 g/mol. The van der Waals surface area contributed by atoms with Crippen LogP contribution in [-0.4, -0.2) is 30.9 Å². The average molecular weight is 449 g/mol. The lowest BCUT2D eigenvalue weighted by molar-refractivity contribution is -0.146. The van der Waals surface area contributed by atoms with Crippen LogP contribution >= 0.6 is 23.2 Å². The number of nitrogens with one attached hydrogen (secondary N) is 2. The Morgan fingerprint density at radius 1 is 1.03 bits per heavy atom. The Balaban J connectivity index is 1.84. The van der Waals surface area contributed by atoms with E-state index in [0.29, 0.717) is 5.02 Å². The van der Waals surface area contributed by atoms with E-state index in [1.807, 2.05) is 5.32 Å². The van der Waals surface area contributed by atoms with Crippen LogP contribution in [0.25, 0.3) is 0 Å². The molecule has 0 aliphatic rings. The highest BCUT2D eigenvalue weighted by Gasteiger charge is 2.33. The van der Waals surface area contributed by atoms with Gasteiger partial charge < -0.3 is 15.4 Å². The van der Waals surface area contributed by atoms with Crippen molar-refractivity contribution >= 4 is 46.7 Å². The predicted octanol–water partition coefficient (Wildman–Crippen LogP) is 3.92. The molecule has 2 aromatic rings. The molecule has 154 valence electrons. The van der Waals surface area contributed by atoms with Gasteiger partial charge in [-0.3, -0.25) is 14.4 Å². The molecule has 29 heavy (non-hydrogen) atoms. The largest absolute Gasteiger partial charge is 0.454 e. The lowest BCUT2D eigenvalue weighted by Gasteiger charge is -2.13. The van der Waals surface area contributed by atoms with E-state index in [2.05, 4.69) is 10.1 Å². The van der Waals surface area contributed by atoms with Crippen LogP contribution in [0.2, 0.25) is 10.0 Å². The number of alkyl halides is 3. The Hall–Kier alpha value is -2.78. The number of anilines is 1. The minimum atomic E-state index is -4.66. The van der Waals surface area contributed by atoms with Crippen molar-refractivity contribution in [2.75, 3.05) is 18.5 Å². The van der Waals surface area contributed by atoms with Crippen LogP contribution in [0.5, 0.6) is 0 Å². The lowest BCUT2D eigenvalue weighted by atomic mass is 10.1. The van der Waals surface area contributed by atoms with Gasteiger partial charge in [0.15, 0.2) is 6.61 Å². The first-order valence-corrected chi connectivity index (χ1v) is 8.68. The van der Waals surface area contributed by atoms with Crippen LogP contribution in [0, 0.1) is 0 Å². The second-order valence-electron chi connectivity index (χ2n) is 5.56. The second kappa shape index (κ2) is 9.62. The fourth-order valence-corrected chi connectivity index (χ4v) is 2.64. The van der Waals surface area contributed by atoms with Crippen LogP contribution in [0.15, 0.2) is 42.5 Å². The summed E-state index contributed by atoms with van der Waals surface area (Å²) in [5.74, 6) is -2.61. The van der Waals surface area contributed by atoms with Crippen molar-refractivity contribution in [3.05, 3.63) is 63.6 Å². The average Bonchev–Trinajstić information content (AvgIpc) is 2.64. The van der Waals surface area contributed by atoms with Crippen molar-refractivity contribution in [2.45, 2.75) is 6.18 Å². The van der Waals surface area contributed by atoms with Crippen molar-refractivity contribution in [3.63, 3.8) is 0 Å². The van der Waals surface area contributed by atoms with Gasteiger partial charge in [-0.1, -0.05) is 35.3 Å². The number of amides is 2. The minimum absolute atomic E-state index is 0.0744. The third-order valence-corrected chi connectivity index (χ3v) is 3.99. The molecule has 0 atom stereocenters. The van der Waals surface area contributed by atoms with E-state index in [0.717, 1.165) is 12.1 Å². The Labute approximate surface area is 172 Å². The molecule has 2 N–H and O–H groups in total. The second-order valence-corrected chi connectivity index (χ2v) is 6.40. The van der Waals surface area contributed by atoms with Gasteiger partial charge >= 0.3 is 12.1 Å². The van der Waals surface area contributed by atoms with Gasteiger partial charge in [-0.15, -0.1) is 0 Å². The number of hydrogen-bond donors (Lipinski definition) is 2. The molecule has 11 heteroatoms. The standard InChI is InChI=1S/C18H13Cl2F3N2O4/c19-10-5-6-11(13(20)7-10)17(28)24-8-16(27)29-9-15(26)25-14-4-2-1-3-12(14)18(21,22)23/h1-7H,8-9H2,(H,24,28)(H,25,26). The molecule has 0 aliphatic heterocycles. The molecule has 0 aromatic heterocycles. The summed E-state index contributed by atoms with van der Waals surface area (Å²) in [6, 6.07) is 8.50. The number of ether oxygens (including phenoxy) is 1. The number of halogens is 5. The van der Waals surface area contributed by atoms with E-state index in [4.69, 9.17) is 23.2 Å². The molecule has 0 aliphatic carbocycles. The van der Waals surface area contributed by atoms with Crippen LogP contribution in [-0.2, 0) is 20.5 Å². The highest BCUT2D eigenvalue weighted by atomic mass is 35.5. The first-order valence-electron chi connectivity index (χ1n) is 7.93. The number of carbonyl (C=O) groups excluding carboxylic acids is 3. The van der Waals surface area contributed by atoms with Crippen LogP contribution in [0.3, 0.4) is 0 Å². The van der Waals surface area contributed by atoms with Crippen LogP contribution < -0.4 is 10.6 Å². The first-order chi connectivity index (χ1) is 13.6. The number of carbonyl (C=O) groups is 3. The van der Waals surface area contributed by atoms with Gasteiger partial charge in [0.1, 0.15) is 6.54 Å². The van der Waals surface area contributed by atoms with Crippen molar-refractivity contribution < 1.29 is 32.3 Å². The van der Waals surface area contributed by atoms with Gasteiger partial charge in [-0.25, -0.2) is 0 Å². The topological polar surface area (TPSA) is 84.5 Å². The Bertz CT molecular complexity index is 936. The van der Waals surface area contributed by atoms with E-state index in [1.165, 1.54) is 30.3 Å². The zero-order chi connectivity index (χ0) is 21.6. The maximum absolute atomic E-state index is 12.9. The van der Waals surface area contributed by atoms with Gasteiger partial charge in [0.2, 0.25) is 0 Å². The summed E-state index contributed by atoms with van der Waals surface area (Å²) in [6.45, 7) is -1.41. The first kappa shape index (κ1) is 22.5. The van der Waals surface area contributed by atoms with Gasteiger partial charge in [0.25, 0.3) is 11.8 Å². The summed E-state index contributed by atoms with van der Waals surface area (Å²) in [7, 11) is 0. The van der Waals surface area contributed by atoms with Crippen LogP contribution in [0.4, 0.5) is 18.9 Å². The zero-order valence-electron chi connectivity index (χ0n) is 14.5. The van der Waals surface area contributed by atoms with Crippen molar-refractivity contribution in [1.29, 1.82) is 0 Å². The third kappa shape index (κ3) is 6.65. The van der Waals surface area contributed by atoms with E-state index < -0.39 is 48.4 Å². The van der Waals surface area contributed by atoms with Crippen molar-refractivity contribution in [1.82, 2.24) is 5.32 Å². The molecule has 2 rings (SSSR count). The van der Waals surface area contributed by atoms with E-state index in [-0.39, 0.29) is 10.6 Å². The number of esters is 1. The molecule has 0 heterocycles. The lowest BCUT2D eigenvalue weighted by Crippen LogP contribution is -2.32. The highest BCUT2D eigenvalue weighted by Crippen LogP contribution is 2.34. The molecular formula is C18H13Cl2F3N2O4. The fourth-order valence-electron chi connectivity index (χ4n) is 2.14. The molecule has 0 spiro atoms. The maximum atomic E-state index is 12.9. The van der Waals surface area contributed by atoms with E-state index in [9.17, 15) is 27.6 Å². The Morgan fingerprint density at radius 3 is 2.38 bits per heavy atom. The summed E-state index contributed by atoms with van der Waals surface area (Å²) in [6.07, 6.45) is -4.66. The molecule has 6 nitrogen and oxygen atoms in total. The predicted molar refractivity (Wildman–Crippen MR) is 99.8 cm³/mol. The zero-order valence-corrected chi connectivity index (χ0v) is 16.0. The highest BCUT2D eigenvalue weighted by molar-refractivity contribution is 6.36. The molecule has 2 amide bonds. The van der Waals surface area contributed by atoms with Gasteiger partial charge in [0, 0.05) is 5.02 Å². The van der Waals surface area contributed by atoms with Crippen LogP contribution in [0.1, 0.15) is 15.9 Å². The Kier molecular flexibility index (Phi) is 7.46.